The molecule has 8 nitrogen and oxygen atoms in total. The average Bonchev–Trinajstić information content (AvgIpc) is 3.23. The topological polar surface area (TPSA) is 91.0 Å². The Morgan fingerprint density at radius 2 is 2.16 bits per heavy atom. The van der Waals surface area contributed by atoms with Crippen LogP contribution in [0.4, 0.5) is 16.2 Å². The molecule has 1 aromatic carbocycles. The standard InChI is InChI=1S/C17H20N4O4/c22-14-10-25-16-12(18-14)3-1-4-13(16)19-17(24)20-8-6-11(9-20)21-7-2-5-15(21)23/h1,3-4,11H,2,5-10H2,(H,18,22)(H,19,24). The van der Waals surface area contributed by atoms with Crippen molar-refractivity contribution in [2.45, 2.75) is 25.3 Å². The van der Waals surface area contributed by atoms with Crippen LogP contribution in [0.3, 0.4) is 0 Å². The number of ether oxygens (including phenoxy) is 1. The lowest BCUT2D eigenvalue weighted by atomic mass is 10.2. The van der Waals surface area contributed by atoms with Gasteiger partial charge < -0.3 is 25.2 Å². The van der Waals surface area contributed by atoms with E-state index in [-0.39, 0.29) is 30.5 Å². The van der Waals surface area contributed by atoms with Gasteiger partial charge in [0.25, 0.3) is 5.91 Å². The van der Waals surface area contributed by atoms with Crippen LogP contribution >= 0.6 is 0 Å². The number of fused-ring (bicyclic) bond motifs is 1. The maximum Gasteiger partial charge on any atom is 0.322 e. The molecule has 0 bridgehead atoms. The molecule has 0 aliphatic carbocycles. The van der Waals surface area contributed by atoms with Gasteiger partial charge in [-0.3, -0.25) is 9.59 Å². The fraction of sp³-hybridized carbons (Fsp3) is 0.471. The number of anilines is 2. The Balaban J connectivity index is 1.42. The van der Waals surface area contributed by atoms with E-state index in [4.69, 9.17) is 4.74 Å². The van der Waals surface area contributed by atoms with Crippen LogP contribution in [0, 0.1) is 0 Å². The van der Waals surface area contributed by atoms with Gasteiger partial charge in [-0.2, -0.15) is 0 Å². The summed E-state index contributed by atoms with van der Waals surface area (Å²) in [6.07, 6.45) is 2.32. The number of amides is 4. The Labute approximate surface area is 145 Å². The minimum absolute atomic E-state index is 0.0667. The summed E-state index contributed by atoms with van der Waals surface area (Å²) in [6, 6.07) is 5.11. The highest BCUT2D eigenvalue weighted by molar-refractivity contribution is 5.99. The van der Waals surface area contributed by atoms with E-state index in [2.05, 4.69) is 10.6 Å². The first-order chi connectivity index (χ1) is 12.1. The van der Waals surface area contributed by atoms with Gasteiger partial charge in [-0.25, -0.2) is 4.79 Å². The van der Waals surface area contributed by atoms with Crippen molar-refractivity contribution in [3.63, 3.8) is 0 Å². The Kier molecular flexibility index (Phi) is 3.95. The summed E-state index contributed by atoms with van der Waals surface area (Å²) in [5.74, 6) is 0.447. The minimum atomic E-state index is -0.219. The van der Waals surface area contributed by atoms with Gasteiger partial charge in [0.2, 0.25) is 5.91 Å². The zero-order chi connectivity index (χ0) is 17.4. The smallest absolute Gasteiger partial charge is 0.322 e. The molecule has 1 aromatic rings. The molecule has 0 spiro atoms. The molecule has 0 saturated carbocycles. The highest BCUT2D eigenvalue weighted by Gasteiger charge is 2.35. The second kappa shape index (κ2) is 6.27. The number of nitrogens with zero attached hydrogens (tertiary/aromatic N) is 2. The van der Waals surface area contributed by atoms with E-state index in [1.54, 1.807) is 23.1 Å². The van der Waals surface area contributed by atoms with Crippen LogP contribution in [0.1, 0.15) is 19.3 Å². The highest BCUT2D eigenvalue weighted by Crippen LogP contribution is 2.35. The van der Waals surface area contributed by atoms with Gasteiger partial charge in [-0.15, -0.1) is 0 Å². The van der Waals surface area contributed by atoms with Crippen molar-refractivity contribution < 1.29 is 19.1 Å². The quantitative estimate of drug-likeness (QED) is 0.845. The van der Waals surface area contributed by atoms with Crippen LogP contribution in [-0.2, 0) is 9.59 Å². The summed E-state index contributed by atoms with van der Waals surface area (Å²) >= 11 is 0. The number of likely N-dealkylation sites (tertiary alicyclic amines) is 2. The van der Waals surface area contributed by atoms with E-state index >= 15 is 0 Å². The van der Waals surface area contributed by atoms with E-state index in [1.807, 2.05) is 4.90 Å². The number of urea groups is 1. The maximum atomic E-state index is 12.6. The van der Waals surface area contributed by atoms with Crippen molar-refractivity contribution in [2.75, 3.05) is 36.9 Å². The predicted molar refractivity (Wildman–Crippen MR) is 90.5 cm³/mol. The molecule has 2 fully saturated rings. The van der Waals surface area contributed by atoms with Crippen molar-refractivity contribution in [3.05, 3.63) is 18.2 Å². The highest BCUT2D eigenvalue weighted by atomic mass is 16.5. The summed E-state index contributed by atoms with van der Waals surface area (Å²) in [5.41, 5.74) is 1.08. The lowest BCUT2D eigenvalue weighted by Crippen LogP contribution is -2.40. The van der Waals surface area contributed by atoms with E-state index in [9.17, 15) is 14.4 Å². The average molecular weight is 344 g/mol. The molecule has 4 amide bonds. The zero-order valence-electron chi connectivity index (χ0n) is 13.8. The molecule has 3 aliphatic heterocycles. The third-order valence-corrected chi connectivity index (χ3v) is 4.88. The lowest BCUT2D eigenvalue weighted by Gasteiger charge is -2.25. The molecule has 0 radical (unpaired) electrons. The Morgan fingerprint density at radius 3 is 2.96 bits per heavy atom. The summed E-state index contributed by atoms with van der Waals surface area (Å²) < 4.78 is 5.45. The summed E-state index contributed by atoms with van der Waals surface area (Å²) in [4.78, 5) is 39.5. The van der Waals surface area contributed by atoms with Crippen LogP contribution < -0.4 is 15.4 Å². The normalized spacial score (nSPS) is 22.5. The van der Waals surface area contributed by atoms with E-state index < -0.39 is 0 Å². The Bertz CT molecular complexity index is 735. The number of nitrogens with one attached hydrogen (secondary N) is 2. The van der Waals surface area contributed by atoms with Crippen LogP contribution in [0.15, 0.2) is 18.2 Å². The monoisotopic (exact) mass is 344 g/mol. The number of carbonyl (C=O) groups excluding carboxylic acids is 3. The van der Waals surface area contributed by atoms with Crippen molar-refractivity contribution in [1.29, 1.82) is 0 Å². The van der Waals surface area contributed by atoms with Gasteiger partial charge >= 0.3 is 6.03 Å². The van der Waals surface area contributed by atoms with Crippen molar-refractivity contribution in [3.8, 4) is 5.75 Å². The van der Waals surface area contributed by atoms with Gasteiger partial charge in [0, 0.05) is 26.1 Å². The van der Waals surface area contributed by atoms with Gasteiger partial charge in [-0.1, -0.05) is 6.07 Å². The molecule has 25 heavy (non-hydrogen) atoms. The Morgan fingerprint density at radius 1 is 1.28 bits per heavy atom. The summed E-state index contributed by atoms with van der Waals surface area (Å²) in [6.45, 7) is 1.89. The fourth-order valence-corrected chi connectivity index (χ4v) is 3.64. The van der Waals surface area contributed by atoms with Crippen molar-refractivity contribution in [2.24, 2.45) is 0 Å². The van der Waals surface area contributed by atoms with Gasteiger partial charge in [-0.05, 0) is 25.0 Å². The van der Waals surface area contributed by atoms with Crippen LogP contribution in [-0.4, -0.2) is 59.9 Å². The molecule has 0 aromatic heterocycles. The Hall–Kier alpha value is -2.77. The molecular weight excluding hydrogens is 324 g/mol. The predicted octanol–water partition coefficient (Wildman–Crippen LogP) is 1.25. The van der Waals surface area contributed by atoms with Gasteiger partial charge in [0.1, 0.15) is 0 Å². The van der Waals surface area contributed by atoms with Gasteiger partial charge in [0.15, 0.2) is 12.4 Å². The largest absolute Gasteiger partial charge is 0.479 e. The third kappa shape index (κ3) is 2.99. The second-order valence-corrected chi connectivity index (χ2v) is 6.53. The molecule has 3 aliphatic rings. The number of hydrogen-bond acceptors (Lipinski definition) is 4. The number of carbonyl (C=O) groups is 3. The first-order valence-electron chi connectivity index (χ1n) is 8.53. The van der Waals surface area contributed by atoms with Crippen molar-refractivity contribution in [1.82, 2.24) is 9.80 Å². The zero-order valence-corrected chi connectivity index (χ0v) is 13.8. The minimum Gasteiger partial charge on any atom is -0.479 e. The first-order valence-corrected chi connectivity index (χ1v) is 8.53. The van der Waals surface area contributed by atoms with E-state index in [1.165, 1.54) is 0 Å². The third-order valence-electron chi connectivity index (χ3n) is 4.88. The van der Waals surface area contributed by atoms with Gasteiger partial charge in [0.05, 0.1) is 17.4 Å². The molecular formula is C17H20N4O4. The molecule has 8 heteroatoms. The molecule has 2 N–H and O–H groups in total. The molecule has 1 atom stereocenters. The van der Waals surface area contributed by atoms with E-state index in [0.29, 0.717) is 36.6 Å². The first kappa shape index (κ1) is 15.7. The van der Waals surface area contributed by atoms with Crippen molar-refractivity contribution >= 4 is 29.2 Å². The van der Waals surface area contributed by atoms with Crippen LogP contribution in [0.2, 0.25) is 0 Å². The molecule has 132 valence electrons. The number of benzene rings is 1. The number of rotatable bonds is 2. The maximum absolute atomic E-state index is 12.6. The fourth-order valence-electron chi connectivity index (χ4n) is 3.64. The lowest BCUT2D eigenvalue weighted by molar-refractivity contribution is -0.129. The second-order valence-electron chi connectivity index (χ2n) is 6.53. The number of hydrogen-bond donors (Lipinski definition) is 2. The van der Waals surface area contributed by atoms with Crippen LogP contribution in [0.5, 0.6) is 5.75 Å². The molecule has 4 rings (SSSR count). The summed E-state index contributed by atoms with van der Waals surface area (Å²) in [7, 11) is 0. The molecule has 1 unspecified atom stereocenters. The SMILES string of the molecule is O=C1COc2c(cccc2NC(=O)N2CCC(N3CCCC3=O)C2)N1. The van der Waals surface area contributed by atoms with Crippen LogP contribution in [0.25, 0.3) is 0 Å². The molecule has 2 saturated heterocycles. The number of para-hydroxylation sites is 1. The molecule has 3 heterocycles. The van der Waals surface area contributed by atoms with E-state index in [0.717, 1.165) is 19.4 Å². The summed E-state index contributed by atoms with van der Waals surface area (Å²) in [5, 5.41) is 5.58.